The van der Waals surface area contributed by atoms with Crippen molar-refractivity contribution in [3.63, 3.8) is 0 Å². The van der Waals surface area contributed by atoms with Gasteiger partial charge in [0.05, 0.1) is 0 Å². The first kappa shape index (κ1) is 10.9. The van der Waals surface area contributed by atoms with Crippen molar-refractivity contribution in [1.82, 2.24) is 4.90 Å². The van der Waals surface area contributed by atoms with Gasteiger partial charge in [-0.15, -0.1) is 0 Å². The molecule has 0 radical (unpaired) electrons. The molecular formula is C14H17NO. The molecule has 1 aromatic carbocycles. The summed E-state index contributed by atoms with van der Waals surface area (Å²) in [7, 11) is 0. The summed E-state index contributed by atoms with van der Waals surface area (Å²) in [5.41, 5.74) is 4.93. The molecule has 16 heavy (non-hydrogen) atoms. The maximum atomic E-state index is 11.3. The Morgan fingerprint density at radius 3 is 2.69 bits per heavy atom. The first-order chi connectivity index (χ1) is 7.58. The van der Waals surface area contributed by atoms with Gasteiger partial charge in [0.15, 0.2) is 0 Å². The van der Waals surface area contributed by atoms with E-state index in [-0.39, 0.29) is 5.91 Å². The van der Waals surface area contributed by atoms with E-state index in [1.165, 1.54) is 16.7 Å². The summed E-state index contributed by atoms with van der Waals surface area (Å²) in [5.74, 6) is 0.162. The minimum atomic E-state index is 0.162. The molecule has 0 atom stereocenters. The first-order valence-electron chi connectivity index (χ1n) is 5.61. The van der Waals surface area contributed by atoms with Crippen LogP contribution in [0.4, 0.5) is 0 Å². The maximum absolute atomic E-state index is 11.3. The summed E-state index contributed by atoms with van der Waals surface area (Å²) in [6.45, 7) is 9.19. The molecule has 0 fully saturated rings. The van der Waals surface area contributed by atoms with Crippen molar-refractivity contribution < 1.29 is 4.79 Å². The molecule has 0 saturated carbocycles. The largest absolute Gasteiger partial charge is 0.338 e. The number of fused-ring (bicyclic) bond motifs is 1. The number of nitrogens with zero attached hydrogens (tertiary/aromatic N) is 1. The fraction of sp³-hybridized carbons (Fsp3) is 0.357. The fourth-order valence-corrected chi connectivity index (χ4v) is 2.09. The highest BCUT2D eigenvalue weighted by atomic mass is 16.2. The predicted octanol–water partition coefficient (Wildman–Crippen LogP) is 2.62. The van der Waals surface area contributed by atoms with E-state index in [9.17, 15) is 4.79 Å². The van der Waals surface area contributed by atoms with Crippen LogP contribution >= 0.6 is 0 Å². The lowest BCUT2D eigenvalue weighted by atomic mass is 9.95. The Bertz CT molecular complexity index is 448. The van der Waals surface area contributed by atoms with E-state index in [0.717, 1.165) is 25.1 Å². The third-order valence-electron chi connectivity index (χ3n) is 3.16. The van der Waals surface area contributed by atoms with E-state index in [2.05, 4.69) is 24.8 Å². The molecule has 1 aliphatic heterocycles. The van der Waals surface area contributed by atoms with E-state index < -0.39 is 0 Å². The molecule has 2 nitrogen and oxygen atoms in total. The van der Waals surface area contributed by atoms with Crippen LogP contribution in [0.2, 0.25) is 0 Å². The molecule has 0 saturated heterocycles. The van der Waals surface area contributed by atoms with Crippen LogP contribution in [0.3, 0.4) is 0 Å². The molecule has 1 amide bonds. The Kier molecular flexibility index (Phi) is 2.82. The summed E-state index contributed by atoms with van der Waals surface area (Å²) in [6.07, 6.45) is 0.954. The number of hydrogen-bond donors (Lipinski definition) is 0. The van der Waals surface area contributed by atoms with Crippen molar-refractivity contribution in [2.24, 2.45) is 0 Å². The highest BCUT2D eigenvalue weighted by molar-refractivity contribution is 5.73. The van der Waals surface area contributed by atoms with Crippen molar-refractivity contribution in [1.29, 1.82) is 0 Å². The lowest BCUT2D eigenvalue weighted by Crippen LogP contribution is -2.34. The Balaban J connectivity index is 2.29. The van der Waals surface area contributed by atoms with Gasteiger partial charge in [0.1, 0.15) is 0 Å². The SMILES string of the molecule is C=C(C)c1ccc2c(c1)CCN(C(C)=O)C2. The molecule has 0 aliphatic carbocycles. The van der Waals surface area contributed by atoms with E-state index in [1.54, 1.807) is 6.92 Å². The number of allylic oxidation sites excluding steroid dienone is 1. The summed E-state index contributed by atoms with van der Waals surface area (Å²) in [6, 6.07) is 6.41. The molecule has 0 N–H and O–H groups in total. The maximum Gasteiger partial charge on any atom is 0.219 e. The second-order valence-corrected chi connectivity index (χ2v) is 4.45. The van der Waals surface area contributed by atoms with Crippen molar-refractivity contribution >= 4 is 11.5 Å². The van der Waals surface area contributed by atoms with Gasteiger partial charge in [-0.25, -0.2) is 0 Å². The normalized spacial score (nSPS) is 14.5. The van der Waals surface area contributed by atoms with Crippen molar-refractivity contribution in [2.75, 3.05) is 6.54 Å². The van der Waals surface area contributed by atoms with E-state index in [4.69, 9.17) is 0 Å². The number of rotatable bonds is 1. The molecule has 2 rings (SSSR count). The van der Waals surface area contributed by atoms with E-state index in [0.29, 0.717) is 0 Å². The molecule has 1 aromatic rings. The summed E-state index contributed by atoms with van der Waals surface area (Å²) >= 11 is 0. The van der Waals surface area contributed by atoms with Crippen LogP contribution in [0.1, 0.15) is 30.5 Å². The summed E-state index contributed by atoms with van der Waals surface area (Å²) in [5, 5.41) is 0. The quantitative estimate of drug-likeness (QED) is 0.705. The molecule has 0 spiro atoms. The van der Waals surface area contributed by atoms with Gasteiger partial charge in [0, 0.05) is 20.0 Å². The van der Waals surface area contributed by atoms with Gasteiger partial charge in [0.2, 0.25) is 5.91 Å². The van der Waals surface area contributed by atoms with Gasteiger partial charge < -0.3 is 4.90 Å². The zero-order valence-electron chi connectivity index (χ0n) is 9.92. The molecule has 2 heteroatoms. The van der Waals surface area contributed by atoms with Crippen LogP contribution in [-0.2, 0) is 17.8 Å². The van der Waals surface area contributed by atoms with Crippen LogP contribution in [0.5, 0.6) is 0 Å². The van der Waals surface area contributed by atoms with E-state index in [1.807, 2.05) is 11.8 Å². The van der Waals surface area contributed by atoms with Crippen LogP contribution in [0.25, 0.3) is 5.57 Å². The van der Waals surface area contributed by atoms with Gasteiger partial charge in [-0.2, -0.15) is 0 Å². The molecule has 0 bridgehead atoms. The third-order valence-corrected chi connectivity index (χ3v) is 3.16. The monoisotopic (exact) mass is 215 g/mol. The molecule has 84 valence electrons. The highest BCUT2D eigenvalue weighted by Gasteiger charge is 2.17. The number of amides is 1. The predicted molar refractivity (Wildman–Crippen MR) is 65.9 cm³/mol. The second-order valence-electron chi connectivity index (χ2n) is 4.45. The molecule has 0 unspecified atom stereocenters. The number of carbonyl (C=O) groups excluding carboxylic acids is 1. The zero-order chi connectivity index (χ0) is 11.7. The van der Waals surface area contributed by atoms with Crippen LogP contribution in [0, 0.1) is 0 Å². The molecule has 0 aromatic heterocycles. The minimum Gasteiger partial charge on any atom is -0.338 e. The van der Waals surface area contributed by atoms with Gasteiger partial charge in [-0.05, 0) is 30.0 Å². The second kappa shape index (κ2) is 4.12. The fourth-order valence-electron chi connectivity index (χ4n) is 2.09. The lowest BCUT2D eigenvalue weighted by molar-refractivity contribution is -0.129. The van der Waals surface area contributed by atoms with Gasteiger partial charge >= 0.3 is 0 Å². The van der Waals surface area contributed by atoms with Gasteiger partial charge in [0.25, 0.3) is 0 Å². The summed E-state index contributed by atoms with van der Waals surface area (Å²) in [4.78, 5) is 13.2. The highest BCUT2D eigenvalue weighted by Crippen LogP contribution is 2.23. The minimum absolute atomic E-state index is 0.162. The molecule has 1 heterocycles. The Hall–Kier alpha value is -1.57. The first-order valence-corrected chi connectivity index (χ1v) is 5.61. The molecular weight excluding hydrogens is 198 g/mol. The third kappa shape index (κ3) is 2.01. The van der Waals surface area contributed by atoms with Crippen molar-refractivity contribution in [3.8, 4) is 0 Å². The number of benzene rings is 1. The van der Waals surface area contributed by atoms with E-state index >= 15 is 0 Å². The topological polar surface area (TPSA) is 20.3 Å². The van der Waals surface area contributed by atoms with Gasteiger partial charge in [-0.1, -0.05) is 30.4 Å². The van der Waals surface area contributed by atoms with Crippen molar-refractivity contribution in [3.05, 3.63) is 41.5 Å². The zero-order valence-corrected chi connectivity index (χ0v) is 9.92. The smallest absolute Gasteiger partial charge is 0.219 e. The average Bonchev–Trinajstić information content (AvgIpc) is 2.27. The van der Waals surface area contributed by atoms with Crippen LogP contribution in [0.15, 0.2) is 24.8 Å². The Morgan fingerprint density at radius 1 is 1.31 bits per heavy atom. The number of hydrogen-bond acceptors (Lipinski definition) is 1. The Morgan fingerprint density at radius 2 is 2.06 bits per heavy atom. The summed E-state index contributed by atoms with van der Waals surface area (Å²) < 4.78 is 0. The van der Waals surface area contributed by atoms with Crippen LogP contribution in [-0.4, -0.2) is 17.4 Å². The number of carbonyl (C=O) groups is 1. The van der Waals surface area contributed by atoms with Crippen molar-refractivity contribution in [2.45, 2.75) is 26.8 Å². The standard InChI is InChI=1S/C14H17NO/c1-10(2)12-4-5-14-9-15(11(3)16)7-6-13(14)8-12/h4-5,8H,1,6-7,9H2,2-3H3. The van der Waals surface area contributed by atoms with Gasteiger partial charge in [-0.3, -0.25) is 4.79 Å². The molecule has 1 aliphatic rings. The van der Waals surface area contributed by atoms with Crippen LogP contribution < -0.4 is 0 Å². The lowest BCUT2D eigenvalue weighted by Gasteiger charge is -2.28. The Labute approximate surface area is 96.6 Å². The average molecular weight is 215 g/mol.